The third kappa shape index (κ3) is 2.03. The Bertz CT molecular complexity index is 558. The maximum atomic E-state index is 11.9. The first-order valence-electron chi connectivity index (χ1n) is 5.65. The molecule has 1 amide bonds. The molecule has 0 saturated heterocycles. The first kappa shape index (κ1) is 11.7. The number of nitrogens with one attached hydrogen (secondary N) is 2. The van der Waals surface area contributed by atoms with E-state index in [1.807, 2.05) is 32.9 Å². The highest BCUT2D eigenvalue weighted by atomic mass is 16.6. The Morgan fingerprint density at radius 3 is 2.88 bits per heavy atom. The van der Waals surface area contributed by atoms with Crippen molar-refractivity contribution in [3.8, 4) is 0 Å². The average molecular weight is 232 g/mol. The van der Waals surface area contributed by atoms with Crippen LogP contribution in [0.4, 0.5) is 0 Å². The number of hydroxylamine groups is 1. The van der Waals surface area contributed by atoms with Crippen molar-refractivity contribution in [3.05, 3.63) is 35.0 Å². The Balaban J connectivity index is 2.47. The second-order valence-corrected chi connectivity index (χ2v) is 3.97. The summed E-state index contributed by atoms with van der Waals surface area (Å²) in [6, 6.07) is 5.67. The fraction of sp³-hybridized carbons (Fsp3) is 0.308. The molecule has 0 atom stereocenters. The van der Waals surface area contributed by atoms with Gasteiger partial charge < -0.3 is 4.98 Å². The molecule has 0 radical (unpaired) electrons. The van der Waals surface area contributed by atoms with Crippen molar-refractivity contribution in [3.63, 3.8) is 0 Å². The standard InChI is InChI=1S/C13H16N2O2/c1-4-17-15-13(16)11-7-5-6-10-8(2)9(3)14-12(10)11/h5-7,14H,4H2,1-3H3,(H,15,16). The monoisotopic (exact) mass is 232 g/mol. The summed E-state index contributed by atoms with van der Waals surface area (Å²) in [4.78, 5) is 20.0. The van der Waals surface area contributed by atoms with E-state index < -0.39 is 0 Å². The van der Waals surface area contributed by atoms with Crippen LogP contribution in [0.3, 0.4) is 0 Å². The second-order valence-electron chi connectivity index (χ2n) is 3.97. The summed E-state index contributed by atoms with van der Waals surface area (Å²) < 4.78 is 0. The number of H-pyrrole nitrogens is 1. The highest BCUT2D eigenvalue weighted by molar-refractivity contribution is 6.06. The van der Waals surface area contributed by atoms with E-state index in [-0.39, 0.29) is 5.91 Å². The average Bonchev–Trinajstić information content (AvgIpc) is 2.62. The number of rotatable bonds is 3. The van der Waals surface area contributed by atoms with Gasteiger partial charge in [0.2, 0.25) is 0 Å². The van der Waals surface area contributed by atoms with Gasteiger partial charge >= 0.3 is 0 Å². The molecule has 2 aromatic rings. The fourth-order valence-corrected chi connectivity index (χ4v) is 1.86. The van der Waals surface area contributed by atoms with Crippen molar-refractivity contribution in [1.29, 1.82) is 0 Å². The topological polar surface area (TPSA) is 54.1 Å². The Morgan fingerprint density at radius 1 is 1.41 bits per heavy atom. The predicted molar refractivity (Wildman–Crippen MR) is 66.9 cm³/mol. The smallest absolute Gasteiger partial charge is 0.276 e. The van der Waals surface area contributed by atoms with Crippen molar-refractivity contribution in [1.82, 2.24) is 10.5 Å². The number of carbonyl (C=O) groups is 1. The van der Waals surface area contributed by atoms with Gasteiger partial charge in [-0.15, -0.1) is 0 Å². The minimum absolute atomic E-state index is 0.223. The van der Waals surface area contributed by atoms with Crippen molar-refractivity contribution >= 4 is 16.8 Å². The summed E-state index contributed by atoms with van der Waals surface area (Å²) in [7, 11) is 0. The number of hydrogen-bond acceptors (Lipinski definition) is 2. The van der Waals surface area contributed by atoms with Crippen LogP contribution in [-0.2, 0) is 4.84 Å². The molecular formula is C13H16N2O2. The number of aryl methyl sites for hydroxylation is 2. The van der Waals surface area contributed by atoms with Gasteiger partial charge in [0.1, 0.15) is 0 Å². The van der Waals surface area contributed by atoms with Crippen LogP contribution < -0.4 is 5.48 Å². The molecule has 0 fully saturated rings. The third-order valence-corrected chi connectivity index (χ3v) is 2.90. The van der Waals surface area contributed by atoms with Crippen LogP contribution in [0.1, 0.15) is 28.5 Å². The normalized spacial score (nSPS) is 10.8. The highest BCUT2D eigenvalue weighted by Crippen LogP contribution is 2.23. The number of carbonyl (C=O) groups excluding carboxylic acids is 1. The molecule has 0 spiro atoms. The molecule has 4 nitrogen and oxygen atoms in total. The quantitative estimate of drug-likeness (QED) is 0.799. The maximum Gasteiger partial charge on any atom is 0.276 e. The Kier molecular flexibility index (Phi) is 3.15. The van der Waals surface area contributed by atoms with Crippen molar-refractivity contribution in [2.75, 3.05) is 6.61 Å². The molecule has 1 heterocycles. The predicted octanol–water partition coefficient (Wildman–Crippen LogP) is 2.47. The van der Waals surface area contributed by atoms with Gasteiger partial charge in [0.05, 0.1) is 17.7 Å². The minimum Gasteiger partial charge on any atom is -0.358 e. The van der Waals surface area contributed by atoms with Crippen LogP contribution in [-0.4, -0.2) is 17.5 Å². The van der Waals surface area contributed by atoms with Gasteiger partial charge in [-0.3, -0.25) is 9.63 Å². The van der Waals surface area contributed by atoms with Crippen LogP contribution in [0.15, 0.2) is 18.2 Å². The molecule has 90 valence electrons. The lowest BCUT2D eigenvalue weighted by Gasteiger charge is -2.04. The SMILES string of the molecule is CCONC(=O)c1cccc2c(C)c(C)[nH]c12. The van der Waals surface area contributed by atoms with Crippen molar-refractivity contribution in [2.24, 2.45) is 0 Å². The molecular weight excluding hydrogens is 216 g/mol. The first-order chi connectivity index (χ1) is 8.15. The number of benzene rings is 1. The number of amides is 1. The molecule has 0 unspecified atom stereocenters. The molecule has 2 N–H and O–H groups in total. The molecule has 2 rings (SSSR count). The number of fused-ring (bicyclic) bond motifs is 1. The summed E-state index contributed by atoms with van der Waals surface area (Å²) in [5.74, 6) is -0.223. The van der Waals surface area contributed by atoms with Crippen LogP contribution >= 0.6 is 0 Å². The van der Waals surface area contributed by atoms with E-state index in [9.17, 15) is 4.79 Å². The lowest BCUT2D eigenvalue weighted by molar-refractivity contribution is 0.0366. The summed E-state index contributed by atoms with van der Waals surface area (Å²) in [6.07, 6.45) is 0. The molecule has 0 bridgehead atoms. The Morgan fingerprint density at radius 2 is 2.18 bits per heavy atom. The molecule has 1 aromatic heterocycles. The van der Waals surface area contributed by atoms with Gasteiger partial charge in [-0.2, -0.15) is 0 Å². The van der Waals surface area contributed by atoms with E-state index >= 15 is 0 Å². The summed E-state index contributed by atoms with van der Waals surface area (Å²) in [5.41, 5.74) is 6.13. The molecule has 0 aliphatic heterocycles. The van der Waals surface area contributed by atoms with Crippen molar-refractivity contribution < 1.29 is 9.63 Å². The summed E-state index contributed by atoms with van der Waals surface area (Å²) >= 11 is 0. The van der Waals surface area contributed by atoms with Gasteiger partial charge in [-0.25, -0.2) is 5.48 Å². The van der Waals surface area contributed by atoms with Gasteiger partial charge in [0, 0.05) is 11.1 Å². The van der Waals surface area contributed by atoms with Gasteiger partial charge in [-0.05, 0) is 32.4 Å². The minimum atomic E-state index is -0.223. The van der Waals surface area contributed by atoms with E-state index in [0.717, 1.165) is 16.6 Å². The first-order valence-corrected chi connectivity index (χ1v) is 5.65. The van der Waals surface area contributed by atoms with E-state index in [0.29, 0.717) is 12.2 Å². The lowest BCUT2D eigenvalue weighted by atomic mass is 10.1. The van der Waals surface area contributed by atoms with Gasteiger partial charge in [-0.1, -0.05) is 12.1 Å². The lowest BCUT2D eigenvalue weighted by Crippen LogP contribution is -2.23. The zero-order valence-electron chi connectivity index (χ0n) is 10.3. The number of aromatic amines is 1. The van der Waals surface area contributed by atoms with Crippen LogP contribution in [0.5, 0.6) is 0 Å². The summed E-state index contributed by atoms with van der Waals surface area (Å²) in [5, 5.41) is 1.08. The van der Waals surface area contributed by atoms with Gasteiger partial charge in [0.25, 0.3) is 5.91 Å². The van der Waals surface area contributed by atoms with Crippen LogP contribution in [0, 0.1) is 13.8 Å². The third-order valence-electron chi connectivity index (χ3n) is 2.90. The van der Waals surface area contributed by atoms with Crippen LogP contribution in [0.25, 0.3) is 10.9 Å². The van der Waals surface area contributed by atoms with Crippen molar-refractivity contribution in [2.45, 2.75) is 20.8 Å². The Labute approximate surface area is 99.9 Å². The van der Waals surface area contributed by atoms with E-state index in [4.69, 9.17) is 4.84 Å². The largest absolute Gasteiger partial charge is 0.358 e. The Hall–Kier alpha value is -1.81. The van der Waals surface area contributed by atoms with E-state index in [2.05, 4.69) is 10.5 Å². The number of aromatic nitrogens is 1. The molecule has 0 aliphatic rings. The maximum absolute atomic E-state index is 11.9. The molecule has 0 aliphatic carbocycles. The number of para-hydroxylation sites is 1. The zero-order valence-corrected chi connectivity index (χ0v) is 10.3. The number of hydrogen-bond donors (Lipinski definition) is 2. The summed E-state index contributed by atoms with van der Waals surface area (Å²) in [6.45, 7) is 6.31. The second kappa shape index (κ2) is 4.59. The molecule has 4 heteroatoms. The zero-order chi connectivity index (χ0) is 12.4. The van der Waals surface area contributed by atoms with Gasteiger partial charge in [0.15, 0.2) is 0 Å². The van der Waals surface area contributed by atoms with E-state index in [1.54, 1.807) is 6.07 Å². The molecule has 1 aromatic carbocycles. The van der Waals surface area contributed by atoms with E-state index in [1.165, 1.54) is 5.56 Å². The molecule has 0 saturated carbocycles. The highest BCUT2D eigenvalue weighted by Gasteiger charge is 2.13. The van der Waals surface area contributed by atoms with Crippen LogP contribution in [0.2, 0.25) is 0 Å². The fourth-order valence-electron chi connectivity index (χ4n) is 1.86. The molecule has 17 heavy (non-hydrogen) atoms.